The molecule has 1 N–H and O–H groups in total. The lowest BCUT2D eigenvalue weighted by molar-refractivity contribution is 0.0595. The molecule has 1 aromatic carbocycles. The number of benzene rings is 1. The molecule has 0 aliphatic heterocycles. The third-order valence-electron chi connectivity index (χ3n) is 1.99. The van der Waals surface area contributed by atoms with Crippen LogP contribution in [0.1, 0.15) is 10.5 Å². The second kappa shape index (κ2) is 3.61. The Balaban J connectivity index is 2.56. The zero-order chi connectivity index (χ0) is 10.1. The molecule has 0 saturated heterocycles. The summed E-state index contributed by atoms with van der Waals surface area (Å²) in [5.74, 6) is -0.337. The van der Waals surface area contributed by atoms with Crippen molar-refractivity contribution in [1.82, 2.24) is 4.98 Å². The fourth-order valence-corrected chi connectivity index (χ4v) is 1.84. The molecule has 14 heavy (non-hydrogen) atoms. The normalized spacial score (nSPS) is 10.4. The van der Waals surface area contributed by atoms with E-state index in [0.29, 0.717) is 5.69 Å². The number of carbonyl (C=O) groups is 1. The molecule has 1 heterocycles. The number of methoxy groups -OCH3 is 1. The minimum absolute atomic E-state index is 0.337. The Hall–Kier alpha value is -1.04. The molecule has 1 aromatic heterocycles. The van der Waals surface area contributed by atoms with Crippen LogP contribution < -0.4 is 0 Å². The van der Waals surface area contributed by atoms with E-state index in [1.54, 1.807) is 6.07 Å². The zero-order valence-corrected chi connectivity index (χ0v) is 9.66. The van der Waals surface area contributed by atoms with Gasteiger partial charge in [-0.25, -0.2) is 4.79 Å². The topological polar surface area (TPSA) is 42.1 Å². The van der Waals surface area contributed by atoms with E-state index in [1.165, 1.54) is 7.11 Å². The molecule has 0 aliphatic rings. The molecular weight excluding hydrogens is 293 g/mol. The Kier molecular flexibility index (Phi) is 2.45. The van der Waals surface area contributed by atoms with Crippen molar-refractivity contribution in [3.8, 4) is 0 Å². The molecule has 0 saturated carbocycles. The van der Waals surface area contributed by atoms with Gasteiger partial charge in [-0.1, -0.05) is 0 Å². The van der Waals surface area contributed by atoms with Gasteiger partial charge in [0.05, 0.1) is 7.11 Å². The minimum atomic E-state index is -0.337. The summed E-state index contributed by atoms with van der Waals surface area (Å²) in [5.41, 5.74) is 1.44. The van der Waals surface area contributed by atoms with Crippen molar-refractivity contribution in [2.75, 3.05) is 7.11 Å². The average Bonchev–Trinajstić information content (AvgIpc) is 2.59. The monoisotopic (exact) mass is 301 g/mol. The fourth-order valence-electron chi connectivity index (χ4n) is 1.32. The first-order valence-electron chi connectivity index (χ1n) is 4.07. The van der Waals surface area contributed by atoms with Crippen LogP contribution in [0.25, 0.3) is 10.9 Å². The summed E-state index contributed by atoms with van der Waals surface area (Å²) in [6, 6.07) is 7.74. The summed E-state index contributed by atoms with van der Waals surface area (Å²) in [6.45, 7) is 0. The van der Waals surface area contributed by atoms with Crippen molar-refractivity contribution in [2.24, 2.45) is 0 Å². The Bertz CT molecular complexity index is 490. The standard InChI is InChI=1S/C10H8INO2/c1-14-10(13)9-5-6-4-7(11)2-3-8(6)12-9/h2-5,12H,1H3. The maximum absolute atomic E-state index is 11.2. The van der Waals surface area contributed by atoms with Crippen molar-refractivity contribution >= 4 is 39.5 Å². The van der Waals surface area contributed by atoms with E-state index in [2.05, 4.69) is 32.3 Å². The highest BCUT2D eigenvalue weighted by atomic mass is 127. The Morgan fingerprint density at radius 3 is 2.93 bits per heavy atom. The van der Waals surface area contributed by atoms with E-state index >= 15 is 0 Å². The van der Waals surface area contributed by atoms with E-state index in [1.807, 2.05) is 18.2 Å². The van der Waals surface area contributed by atoms with Crippen molar-refractivity contribution < 1.29 is 9.53 Å². The lowest BCUT2D eigenvalue weighted by Crippen LogP contribution is -2.00. The van der Waals surface area contributed by atoms with Crippen molar-refractivity contribution in [3.63, 3.8) is 0 Å². The van der Waals surface area contributed by atoms with Gasteiger partial charge in [0.25, 0.3) is 0 Å². The second-order valence-electron chi connectivity index (χ2n) is 2.91. The maximum Gasteiger partial charge on any atom is 0.354 e. The quantitative estimate of drug-likeness (QED) is 0.650. The maximum atomic E-state index is 11.2. The lowest BCUT2D eigenvalue weighted by Gasteiger charge is -1.92. The molecule has 0 amide bonds. The first-order chi connectivity index (χ1) is 6.70. The number of esters is 1. The molecule has 2 rings (SSSR count). The predicted octanol–water partition coefficient (Wildman–Crippen LogP) is 2.56. The first kappa shape index (κ1) is 9.51. The summed E-state index contributed by atoms with van der Waals surface area (Å²) in [4.78, 5) is 14.2. The van der Waals surface area contributed by atoms with Crippen LogP contribution >= 0.6 is 22.6 Å². The number of carbonyl (C=O) groups excluding carboxylic acids is 1. The van der Waals surface area contributed by atoms with Crippen LogP contribution in [0, 0.1) is 3.57 Å². The van der Waals surface area contributed by atoms with E-state index < -0.39 is 0 Å². The van der Waals surface area contributed by atoms with Gasteiger partial charge in [0.15, 0.2) is 0 Å². The largest absolute Gasteiger partial charge is 0.464 e. The molecule has 0 radical (unpaired) electrons. The lowest BCUT2D eigenvalue weighted by atomic mass is 10.2. The number of rotatable bonds is 1. The first-order valence-corrected chi connectivity index (χ1v) is 5.15. The van der Waals surface area contributed by atoms with Gasteiger partial charge >= 0.3 is 5.97 Å². The van der Waals surface area contributed by atoms with Gasteiger partial charge in [0, 0.05) is 14.5 Å². The van der Waals surface area contributed by atoms with Gasteiger partial charge in [-0.15, -0.1) is 0 Å². The minimum Gasteiger partial charge on any atom is -0.464 e. The SMILES string of the molecule is COC(=O)c1cc2cc(I)ccc2[nH]1. The molecule has 2 aromatic rings. The zero-order valence-electron chi connectivity index (χ0n) is 7.50. The third kappa shape index (κ3) is 1.61. The summed E-state index contributed by atoms with van der Waals surface area (Å²) in [5, 5.41) is 1.03. The number of H-pyrrole nitrogens is 1. The van der Waals surface area contributed by atoms with Crippen molar-refractivity contribution in [3.05, 3.63) is 33.5 Å². The van der Waals surface area contributed by atoms with Crippen LogP contribution in [0.4, 0.5) is 0 Å². The molecule has 0 bridgehead atoms. The average molecular weight is 301 g/mol. The van der Waals surface area contributed by atoms with Crippen LogP contribution in [0.2, 0.25) is 0 Å². The molecule has 0 atom stereocenters. The second-order valence-corrected chi connectivity index (χ2v) is 4.15. The summed E-state index contributed by atoms with van der Waals surface area (Å²) in [6.07, 6.45) is 0. The van der Waals surface area contributed by atoms with Gasteiger partial charge in [0.1, 0.15) is 5.69 Å². The molecule has 3 nitrogen and oxygen atoms in total. The number of hydrogen-bond acceptors (Lipinski definition) is 2. The number of hydrogen-bond donors (Lipinski definition) is 1. The Morgan fingerprint density at radius 1 is 1.43 bits per heavy atom. The highest BCUT2D eigenvalue weighted by molar-refractivity contribution is 14.1. The summed E-state index contributed by atoms with van der Waals surface area (Å²) < 4.78 is 5.77. The van der Waals surface area contributed by atoms with E-state index in [-0.39, 0.29) is 5.97 Å². The van der Waals surface area contributed by atoms with Gasteiger partial charge in [-0.05, 0) is 46.9 Å². The van der Waals surface area contributed by atoms with Gasteiger partial charge in [-0.2, -0.15) is 0 Å². The van der Waals surface area contributed by atoms with Gasteiger partial charge in [-0.3, -0.25) is 0 Å². The fraction of sp³-hybridized carbons (Fsp3) is 0.100. The highest BCUT2D eigenvalue weighted by Gasteiger charge is 2.08. The number of nitrogens with one attached hydrogen (secondary N) is 1. The van der Waals surface area contributed by atoms with Crippen LogP contribution in [-0.4, -0.2) is 18.1 Å². The number of fused-ring (bicyclic) bond motifs is 1. The van der Waals surface area contributed by atoms with Crippen molar-refractivity contribution in [2.45, 2.75) is 0 Å². The number of halogens is 1. The van der Waals surface area contributed by atoms with E-state index in [0.717, 1.165) is 14.5 Å². The third-order valence-corrected chi connectivity index (χ3v) is 2.66. The summed E-state index contributed by atoms with van der Waals surface area (Å²) in [7, 11) is 1.37. The summed E-state index contributed by atoms with van der Waals surface area (Å²) >= 11 is 2.23. The van der Waals surface area contributed by atoms with Gasteiger partial charge in [0.2, 0.25) is 0 Å². The molecule has 0 aliphatic carbocycles. The number of aromatic nitrogens is 1. The van der Waals surface area contributed by atoms with Crippen LogP contribution in [0.15, 0.2) is 24.3 Å². The molecule has 0 fully saturated rings. The predicted molar refractivity (Wildman–Crippen MR) is 62.4 cm³/mol. The highest BCUT2D eigenvalue weighted by Crippen LogP contribution is 2.18. The van der Waals surface area contributed by atoms with Crippen LogP contribution in [-0.2, 0) is 4.74 Å². The number of aromatic amines is 1. The molecular formula is C10H8INO2. The van der Waals surface area contributed by atoms with Crippen molar-refractivity contribution in [1.29, 1.82) is 0 Å². The molecule has 72 valence electrons. The smallest absolute Gasteiger partial charge is 0.354 e. The van der Waals surface area contributed by atoms with E-state index in [4.69, 9.17) is 0 Å². The molecule has 0 unspecified atom stereocenters. The Labute approximate surface area is 94.6 Å². The molecule has 0 spiro atoms. The van der Waals surface area contributed by atoms with Gasteiger partial charge < -0.3 is 9.72 Å². The van der Waals surface area contributed by atoms with Crippen LogP contribution in [0.5, 0.6) is 0 Å². The molecule has 4 heteroatoms. The number of ether oxygens (including phenoxy) is 1. The Morgan fingerprint density at radius 2 is 2.21 bits per heavy atom. The van der Waals surface area contributed by atoms with Crippen LogP contribution in [0.3, 0.4) is 0 Å². The van der Waals surface area contributed by atoms with E-state index in [9.17, 15) is 4.79 Å².